The third kappa shape index (κ3) is 11.2. The van der Waals surface area contributed by atoms with Crippen LogP contribution in [0.25, 0.3) is 11.1 Å². The quantitative estimate of drug-likeness (QED) is 0.0611. The number of piperidine rings is 1. The van der Waals surface area contributed by atoms with Gasteiger partial charge in [-0.25, -0.2) is 4.39 Å². The zero-order valence-corrected chi connectivity index (χ0v) is 36.5. The van der Waals surface area contributed by atoms with E-state index in [2.05, 4.69) is 5.32 Å². The molecule has 5 amide bonds. The summed E-state index contributed by atoms with van der Waals surface area (Å²) in [5.74, 6) is -2.88. The summed E-state index contributed by atoms with van der Waals surface area (Å²) in [6, 6.07) is 19.7. The fraction of sp³-hybridized carbons (Fsp3) is 0.375. The van der Waals surface area contributed by atoms with E-state index in [-0.39, 0.29) is 80.5 Å². The Morgan fingerprint density at radius 2 is 1.42 bits per heavy atom. The van der Waals surface area contributed by atoms with E-state index in [0.717, 1.165) is 16.5 Å². The van der Waals surface area contributed by atoms with Gasteiger partial charge in [0.25, 0.3) is 17.7 Å². The van der Waals surface area contributed by atoms with Crippen molar-refractivity contribution in [3.8, 4) is 34.4 Å². The van der Waals surface area contributed by atoms with E-state index in [1.54, 1.807) is 62.4 Å². The number of halogens is 4. The van der Waals surface area contributed by atoms with E-state index < -0.39 is 70.2 Å². The van der Waals surface area contributed by atoms with Crippen molar-refractivity contribution in [2.75, 3.05) is 59.4 Å². The van der Waals surface area contributed by atoms with E-state index in [0.29, 0.717) is 43.8 Å². The molecule has 7 rings (SSSR count). The molecule has 2 fully saturated rings. The summed E-state index contributed by atoms with van der Waals surface area (Å²) >= 11 is 0. The van der Waals surface area contributed by atoms with Crippen LogP contribution >= 0.6 is 0 Å². The Balaban J connectivity index is 0.763. The van der Waals surface area contributed by atoms with Gasteiger partial charge in [-0.1, -0.05) is 44.2 Å². The standard InChI is InChI=1S/C48H46F4N4O11/c1-47(2)28-55(46(61)42(47)67-34-13-10-31(26-53)36(25-34)48(50,51)52)27-32-7-6-30(24-37(32)49)29-8-11-33(12-9-29)65-22-20-63-18-16-62-17-19-64-21-23-66-39-5-3-4-35-41(39)45(60)56(44(35)59)38-14-15-40(57)54-43(38)58/h3-13,24-25,38,42H,14-23,27-28H2,1-2H3,(H,54,57,58). The summed E-state index contributed by atoms with van der Waals surface area (Å²) in [7, 11) is 0. The molecule has 0 saturated carbocycles. The number of imide groups is 2. The molecule has 3 heterocycles. The molecule has 352 valence electrons. The summed E-state index contributed by atoms with van der Waals surface area (Å²) in [5.41, 5.74) is -0.776. The molecule has 2 atom stereocenters. The largest absolute Gasteiger partial charge is 0.491 e. The highest BCUT2D eigenvalue weighted by Crippen LogP contribution is 2.39. The van der Waals surface area contributed by atoms with E-state index >= 15 is 4.39 Å². The van der Waals surface area contributed by atoms with Crippen molar-refractivity contribution in [3.63, 3.8) is 0 Å². The highest BCUT2D eigenvalue weighted by Gasteiger charge is 2.49. The lowest BCUT2D eigenvalue weighted by atomic mass is 9.89. The third-order valence-electron chi connectivity index (χ3n) is 11.3. The van der Waals surface area contributed by atoms with Gasteiger partial charge in [0.1, 0.15) is 42.3 Å². The van der Waals surface area contributed by atoms with Gasteiger partial charge in [0.2, 0.25) is 11.8 Å². The lowest BCUT2D eigenvalue weighted by molar-refractivity contribution is -0.138. The Morgan fingerprint density at radius 3 is 2.06 bits per heavy atom. The van der Waals surface area contributed by atoms with E-state index in [1.807, 2.05) is 0 Å². The van der Waals surface area contributed by atoms with Crippen LogP contribution in [0, 0.1) is 22.6 Å². The molecule has 0 spiro atoms. The molecule has 0 aromatic heterocycles. The number of hydrogen-bond donors (Lipinski definition) is 1. The van der Waals surface area contributed by atoms with Crippen molar-refractivity contribution in [1.29, 1.82) is 5.26 Å². The first-order chi connectivity index (χ1) is 32.0. The van der Waals surface area contributed by atoms with Crippen LogP contribution in [-0.2, 0) is 41.3 Å². The number of fused-ring (bicyclic) bond motifs is 1. The Labute approximate surface area is 382 Å². The lowest BCUT2D eigenvalue weighted by Gasteiger charge is -2.27. The Bertz CT molecular complexity index is 2560. The van der Waals surface area contributed by atoms with Crippen molar-refractivity contribution < 1.29 is 70.0 Å². The number of nitrogens with one attached hydrogen (secondary N) is 1. The molecule has 0 aliphatic carbocycles. The first-order valence-corrected chi connectivity index (χ1v) is 21.3. The molecular formula is C48H46F4N4O11. The molecule has 3 aliphatic heterocycles. The topological polar surface area (TPSA) is 183 Å². The molecule has 2 saturated heterocycles. The van der Waals surface area contributed by atoms with Crippen molar-refractivity contribution in [2.24, 2.45) is 5.41 Å². The number of benzene rings is 4. The molecule has 15 nitrogen and oxygen atoms in total. The zero-order chi connectivity index (χ0) is 47.9. The van der Waals surface area contributed by atoms with Crippen LogP contribution in [0.15, 0.2) is 78.9 Å². The van der Waals surface area contributed by atoms with Crippen LogP contribution in [0.4, 0.5) is 17.6 Å². The molecule has 19 heteroatoms. The highest BCUT2D eigenvalue weighted by molar-refractivity contribution is 6.24. The van der Waals surface area contributed by atoms with Gasteiger partial charge in [-0.15, -0.1) is 0 Å². The number of hydrogen-bond acceptors (Lipinski definition) is 12. The minimum absolute atomic E-state index is 0.0229. The van der Waals surface area contributed by atoms with Gasteiger partial charge in [-0.05, 0) is 66.1 Å². The Kier molecular flexibility index (Phi) is 14.9. The maximum atomic E-state index is 15.4. The minimum Gasteiger partial charge on any atom is -0.491 e. The van der Waals surface area contributed by atoms with Crippen molar-refractivity contribution >= 4 is 29.5 Å². The normalized spacial score (nSPS) is 18.0. The summed E-state index contributed by atoms with van der Waals surface area (Å²) in [5, 5.41) is 11.3. The van der Waals surface area contributed by atoms with Gasteiger partial charge in [0.05, 0.1) is 68.0 Å². The van der Waals surface area contributed by atoms with Crippen LogP contribution in [0.5, 0.6) is 17.2 Å². The molecular weight excluding hydrogens is 885 g/mol. The van der Waals surface area contributed by atoms with E-state index in [4.69, 9.17) is 33.7 Å². The van der Waals surface area contributed by atoms with E-state index in [1.165, 1.54) is 29.2 Å². The predicted octanol–water partition coefficient (Wildman–Crippen LogP) is 6.11. The number of alkyl halides is 3. The zero-order valence-electron chi connectivity index (χ0n) is 36.5. The van der Waals surface area contributed by atoms with Crippen LogP contribution < -0.4 is 19.5 Å². The van der Waals surface area contributed by atoms with Gasteiger partial charge in [0, 0.05) is 30.5 Å². The summed E-state index contributed by atoms with van der Waals surface area (Å²) in [6.45, 7) is 5.60. The second-order valence-electron chi connectivity index (χ2n) is 16.5. The second-order valence-corrected chi connectivity index (χ2v) is 16.5. The number of carbonyl (C=O) groups excluding carboxylic acids is 5. The SMILES string of the molecule is CC1(C)CN(Cc2ccc(-c3ccc(OCCOCCOCCOCCOc4cccc5c4C(=O)N(C4CCC(=O)NC4=O)C5=O)cc3)cc2F)C(=O)C1Oc1ccc(C#N)c(C(F)(F)F)c1. The molecule has 1 N–H and O–H groups in total. The van der Waals surface area contributed by atoms with Crippen molar-refractivity contribution in [1.82, 2.24) is 15.1 Å². The average molecular weight is 931 g/mol. The first kappa shape index (κ1) is 48.1. The molecule has 0 bridgehead atoms. The lowest BCUT2D eigenvalue weighted by Crippen LogP contribution is -2.54. The number of nitrogens with zero attached hydrogens (tertiary/aromatic N) is 3. The maximum Gasteiger partial charge on any atom is 0.417 e. The smallest absolute Gasteiger partial charge is 0.417 e. The average Bonchev–Trinajstić information content (AvgIpc) is 3.67. The first-order valence-electron chi connectivity index (χ1n) is 21.3. The van der Waals surface area contributed by atoms with Gasteiger partial charge >= 0.3 is 6.18 Å². The number of ether oxygens (including phenoxy) is 6. The number of nitriles is 1. The van der Waals surface area contributed by atoms with Crippen LogP contribution in [0.3, 0.4) is 0 Å². The van der Waals surface area contributed by atoms with Crippen molar-refractivity contribution in [3.05, 3.63) is 112 Å². The van der Waals surface area contributed by atoms with Crippen LogP contribution in [0.1, 0.15) is 64.1 Å². The Hall–Kier alpha value is -6.88. The monoisotopic (exact) mass is 930 g/mol. The molecule has 0 radical (unpaired) electrons. The molecule has 3 aliphatic rings. The Morgan fingerprint density at radius 1 is 0.776 bits per heavy atom. The molecule has 2 unspecified atom stereocenters. The maximum absolute atomic E-state index is 15.4. The predicted molar refractivity (Wildman–Crippen MR) is 228 cm³/mol. The molecule has 4 aromatic carbocycles. The molecule has 4 aromatic rings. The second kappa shape index (κ2) is 20.7. The fourth-order valence-corrected chi connectivity index (χ4v) is 7.94. The number of likely N-dealkylation sites (tertiary alicyclic amines) is 1. The fourth-order valence-electron chi connectivity index (χ4n) is 7.94. The number of amides is 5. The van der Waals surface area contributed by atoms with E-state index in [9.17, 15) is 37.1 Å². The number of carbonyl (C=O) groups is 5. The van der Waals surface area contributed by atoms with Crippen LogP contribution in [0.2, 0.25) is 0 Å². The van der Waals surface area contributed by atoms with Gasteiger partial charge < -0.3 is 33.3 Å². The van der Waals surface area contributed by atoms with Crippen molar-refractivity contribution in [2.45, 2.75) is 51.6 Å². The van der Waals surface area contributed by atoms with Gasteiger partial charge in [-0.3, -0.25) is 34.2 Å². The minimum atomic E-state index is -4.79. The highest BCUT2D eigenvalue weighted by atomic mass is 19.4. The van der Waals surface area contributed by atoms with Crippen LogP contribution in [-0.4, -0.2) is 111 Å². The number of rotatable bonds is 20. The van der Waals surface area contributed by atoms with Gasteiger partial charge in [0.15, 0.2) is 6.10 Å². The summed E-state index contributed by atoms with van der Waals surface area (Å²) in [4.78, 5) is 65.8. The summed E-state index contributed by atoms with van der Waals surface area (Å²) in [6.07, 6.45) is -5.85. The third-order valence-corrected chi connectivity index (χ3v) is 11.3. The molecule has 67 heavy (non-hydrogen) atoms. The summed E-state index contributed by atoms with van der Waals surface area (Å²) < 4.78 is 90.0. The van der Waals surface area contributed by atoms with Gasteiger partial charge in [-0.2, -0.15) is 18.4 Å².